The molecule has 0 bridgehead atoms. The summed E-state index contributed by atoms with van der Waals surface area (Å²) in [4.78, 5) is 4.50. The van der Waals surface area contributed by atoms with Gasteiger partial charge in [-0.2, -0.15) is 0 Å². The molecule has 3 rings (SSSR count). The Kier molecular flexibility index (Phi) is 4.01. The van der Waals surface area contributed by atoms with Gasteiger partial charge in [-0.15, -0.1) is 0 Å². The summed E-state index contributed by atoms with van der Waals surface area (Å²) in [6.07, 6.45) is 2.01. The minimum absolute atomic E-state index is 0.0553. The molecule has 1 N–H and O–H groups in total. The minimum atomic E-state index is -3.66. The number of rotatable bonds is 3. The number of nitrogens with zero attached hydrogens (tertiary/aromatic N) is 1. The van der Waals surface area contributed by atoms with Gasteiger partial charge in [0.05, 0.1) is 12.6 Å². The van der Waals surface area contributed by atoms with Crippen LogP contribution in [0, 0.1) is 5.82 Å². The Balaban J connectivity index is 1.92. The summed E-state index contributed by atoms with van der Waals surface area (Å²) in [6.45, 7) is 2.87. The van der Waals surface area contributed by atoms with E-state index in [-0.39, 0.29) is 11.0 Å². The first-order chi connectivity index (χ1) is 10.5. The Morgan fingerprint density at radius 2 is 2.09 bits per heavy atom. The van der Waals surface area contributed by atoms with Crippen molar-refractivity contribution in [1.29, 1.82) is 0 Å². The van der Waals surface area contributed by atoms with E-state index in [2.05, 4.69) is 9.71 Å². The molecule has 0 aromatic heterocycles. The Morgan fingerprint density at radius 1 is 1.36 bits per heavy atom. The van der Waals surface area contributed by atoms with E-state index in [0.717, 1.165) is 19.4 Å². The van der Waals surface area contributed by atoms with Crippen molar-refractivity contribution >= 4 is 20.8 Å². The second-order valence-corrected chi connectivity index (χ2v) is 7.01. The molecule has 1 fully saturated rings. The van der Waals surface area contributed by atoms with E-state index in [4.69, 9.17) is 4.74 Å². The van der Waals surface area contributed by atoms with Gasteiger partial charge < -0.3 is 4.74 Å². The summed E-state index contributed by atoms with van der Waals surface area (Å²) in [7, 11) is -3.66. The first-order valence-corrected chi connectivity index (χ1v) is 8.62. The van der Waals surface area contributed by atoms with E-state index in [9.17, 15) is 12.8 Å². The number of aliphatic imine (C=N–C) groups is 1. The third-order valence-electron chi connectivity index (χ3n) is 3.78. The molecule has 0 aliphatic carbocycles. The van der Waals surface area contributed by atoms with E-state index < -0.39 is 15.8 Å². The molecule has 2 aliphatic rings. The highest BCUT2D eigenvalue weighted by molar-refractivity contribution is 8.00. The van der Waals surface area contributed by atoms with Crippen molar-refractivity contribution in [2.75, 3.05) is 13.2 Å². The molecule has 1 aromatic carbocycles. The average molecular weight is 324 g/mol. The van der Waals surface area contributed by atoms with Gasteiger partial charge in [-0.3, -0.25) is 9.71 Å². The Labute approximate surface area is 128 Å². The Bertz CT molecular complexity index is 733. The summed E-state index contributed by atoms with van der Waals surface area (Å²) in [6, 6.07) is 5.39. The Hall–Kier alpha value is -1.73. The van der Waals surface area contributed by atoms with Gasteiger partial charge in [-0.05, 0) is 37.5 Å². The topological polar surface area (TPSA) is 67.8 Å². The molecule has 1 aromatic rings. The highest BCUT2D eigenvalue weighted by Gasteiger charge is 2.32. The number of halogens is 1. The van der Waals surface area contributed by atoms with Gasteiger partial charge in [0.2, 0.25) is 0 Å². The van der Waals surface area contributed by atoms with Crippen LogP contribution < -0.4 is 4.72 Å². The molecule has 22 heavy (non-hydrogen) atoms. The van der Waals surface area contributed by atoms with Crippen molar-refractivity contribution in [3.05, 3.63) is 41.2 Å². The van der Waals surface area contributed by atoms with Crippen molar-refractivity contribution in [3.8, 4) is 0 Å². The number of sulfonamides is 1. The molecule has 1 atom stereocenters. The van der Waals surface area contributed by atoms with Gasteiger partial charge >= 0.3 is 0 Å². The molecule has 5 nitrogen and oxygen atoms in total. The second-order valence-electron chi connectivity index (χ2n) is 5.39. The van der Waals surface area contributed by atoms with Crippen molar-refractivity contribution in [2.45, 2.75) is 25.9 Å². The maximum Gasteiger partial charge on any atom is 0.264 e. The summed E-state index contributed by atoms with van der Waals surface area (Å²) in [5.41, 5.74) is 0.998. The molecule has 1 saturated heterocycles. The largest absolute Gasteiger partial charge is 0.376 e. The van der Waals surface area contributed by atoms with Gasteiger partial charge in [-0.1, -0.05) is 12.1 Å². The molecule has 118 valence electrons. The number of benzene rings is 1. The first-order valence-electron chi connectivity index (χ1n) is 7.13. The summed E-state index contributed by atoms with van der Waals surface area (Å²) >= 11 is 0. The average Bonchev–Trinajstić information content (AvgIpc) is 3.05. The Morgan fingerprint density at radius 3 is 2.73 bits per heavy atom. The zero-order chi connectivity index (χ0) is 15.7. The maximum atomic E-state index is 13.0. The fraction of sp³-hybridized carbons (Fsp3) is 0.400. The molecule has 0 amide bonds. The van der Waals surface area contributed by atoms with E-state index in [0.29, 0.717) is 23.5 Å². The highest BCUT2D eigenvalue weighted by atomic mass is 32.2. The summed E-state index contributed by atoms with van der Waals surface area (Å²) in [5, 5.41) is 0. The third-order valence-corrected chi connectivity index (χ3v) is 5.32. The van der Waals surface area contributed by atoms with Gasteiger partial charge in [0, 0.05) is 12.2 Å². The fourth-order valence-electron chi connectivity index (χ4n) is 2.67. The monoisotopic (exact) mass is 324 g/mol. The number of hydrogen-bond donors (Lipinski definition) is 1. The SMILES string of the molecule is CC1=C(c2ccc(F)cc2)S(=O)(=O)NC1=NCC1CCCO1. The molecular weight excluding hydrogens is 307 g/mol. The molecule has 1 unspecified atom stereocenters. The predicted molar refractivity (Wildman–Crippen MR) is 82.3 cm³/mol. The van der Waals surface area contributed by atoms with Gasteiger partial charge in [0.25, 0.3) is 10.0 Å². The zero-order valence-electron chi connectivity index (χ0n) is 12.2. The molecule has 2 heterocycles. The standard InChI is InChI=1S/C15H17FN2O3S/c1-10-14(11-4-6-12(16)7-5-11)22(19,20)18-15(10)17-9-13-3-2-8-21-13/h4-7,13H,2-3,8-9H2,1H3,(H,17,18). The normalized spacial score (nSPS) is 25.7. The van der Waals surface area contributed by atoms with Gasteiger partial charge in [-0.25, -0.2) is 12.8 Å². The van der Waals surface area contributed by atoms with E-state index in [1.807, 2.05) is 0 Å². The van der Waals surface area contributed by atoms with Crippen LogP contribution in [0.5, 0.6) is 0 Å². The van der Waals surface area contributed by atoms with Crippen LogP contribution in [-0.2, 0) is 14.8 Å². The second kappa shape index (κ2) is 5.81. The number of ether oxygens (including phenoxy) is 1. The zero-order valence-corrected chi connectivity index (χ0v) is 13.0. The molecular formula is C15H17FN2O3S. The molecule has 2 aliphatic heterocycles. The van der Waals surface area contributed by atoms with Crippen molar-refractivity contribution in [3.63, 3.8) is 0 Å². The number of hydrogen-bond acceptors (Lipinski definition) is 4. The molecule has 7 heteroatoms. The van der Waals surface area contributed by atoms with Crippen LogP contribution in [0.25, 0.3) is 4.91 Å². The smallest absolute Gasteiger partial charge is 0.264 e. The van der Waals surface area contributed by atoms with Crippen LogP contribution in [0.4, 0.5) is 4.39 Å². The third kappa shape index (κ3) is 2.91. The molecule has 0 saturated carbocycles. The predicted octanol–water partition coefficient (Wildman–Crippen LogP) is 2.07. The lowest BCUT2D eigenvalue weighted by atomic mass is 10.1. The van der Waals surface area contributed by atoms with Crippen LogP contribution >= 0.6 is 0 Å². The quantitative estimate of drug-likeness (QED) is 0.925. The lowest BCUT2D eigenvalue weighted by molar-refractivity contribution is 0.118. The van der Waals surface area contributed by atoms with Crippen LogP contribution in [0.15, 0.2) is 34.8 Å². The first kappa shape index (κ1) is 15.2. The summed E-state index contributed by atoms with van der Waals surface area (Å²) < 4.78 is 45.5. The van der Waals surface area contributed by atoms with Crippen LogP contribution in [0.3, 0.4) is 0 Å². The lowest BCUT2D eigenvalue weighted by Crippen LogP contribution is -2.25. The number of nitrogens with one attached hydrogen (secondary N) is 1. The van der Waals surface area contributed by atoms with Gasteiger partial charge in [0.15, 0.2) is 0 Å². The van der Waals surface area contributed by atoms with Crippen LogP contribution in [0.1, 0.15) is 25.3 Å². The maximum absolute atomic E-state index is 13.0. The lowest BCUT2D eigenvalue weighted by Gasteiger charge is -2.06. The highest BCUT2D eigenvalue weighted by Crippen LogP contribution is 2.30. The minimum Gasteiger partial charge on any atom is -0.376 e. The van der Waals surface area contributed by atoms with Crippen molar-refractivity contribution < 1.29 is 17.5 Å². The van der Waals surface area contributed by atoms with Gasteiger partial charge in [0.1, 0.15) is 16.6 Å². The van der Waals surface area contributed by atoms with E-state index in [1.165, 1.54) is 24.3 Å². The van der Waals surface area contributed by atoms with Crippen LogP contribution in [-0.4, -0.2) is 33.5 Å². The number of amidine groups is 1. The molecule has 0 radical (unpaired) electrons. The van der Waals surface area contributed by atoms with Crippen molar-refractivity contribution in [2.24, 2.45) is 4.99 Å². The van der Waals surface area contributed by atoms with E-state index in [1.54, 1.807) is 6.92 Å². The van der Waals surface area contributed by atoms with Crippen LogP contribution in [0.2, 0.25) is 0 Å². The van der Waals surface area contributed by atoms with E-state index >= 15 is 0 Å². The molecule has 0 spiro atoms. The fourth-order valence-corrected chi connectivity index (χ4v) is 4.19. The van der Waals surface area contributed by atoms with Crippen molar-refractivity contribution in [1.82, 2.24) is 4.72 Å². The summed E-state index contributed by atoms with van der Waals surface area (Å²) in [5.74, 6) is -0.0625.